The lowest BCUT2D eigenvalue weighted by atomic mass is 10.0. The second-order valence-corrected chi connectivity index (χ2v) is 9.89. The van der Waals surface area contributed by atoms with Gasteiger partial charge in [-0.1, -0.05) is 12.1 Å². The van der Waals surface area contributed by atoms with E-state index in [1.165, 1.54) is 16.8 Å². The van der Waals surface area contributed by atoms with E-state index in [-0.39, 0.29) is 23.7 Å². The number of rotatable bonds is 4. The Morgan fingerprint density at radius 1 is 1.23 bits per heavy atom. The predicted molar refractivity (Wildman–Crippen MR) is 116 cm³/mol. The lowest BCUT2D eigenvalue weighted by Gasteiger charge is -2.44. The number of piperazine rings is 1. The van der Waals surface area contributed by atoms with Crippen molar-refractivity contribution in [2.24, 2.45) is 5.92 Å². The molecule has 2 aromatic rings. The highest BCUT2D eigenvalue weighted by atomic mass is 16.4. The van der Waals surface area contributed by atoms with Crippen LogP contribution in [0.25, 0.3) is 0 Å². The van der Waals surface area contributed by atoms with Crippen molar-refractivity contribution in [3.8, 4) is 0 Å². The normalized spacial score (nSPS) is 24.8. The molecule has 31 heavy (non-hydrogen) atoms. The zero-order valence-electron chi connectivity index (χ0n) is 18.1. The molecular weight excluding hydrogens is 392 g/mol. The molecule has 1 amide bonds. The maximum absolute atomic E-state index is 13.4. The first-order valence-corrected chi connectivity index (χ1v) is 11.3. The fraction of sp³-hybridized carbons (Fsp3) is 0.542. The summed E-state index contributed by atoms with van der Waals surface area (Å²) in [5.41, 5.74) is 5.82. The lowest BCUT2D eigenvalue weighted by Crippen LogP contribution is -2.58. The van der Waals surface area contributed by atoms with Gasteiger partial charge >= 0.3 is 5.97 Å². The number of fused-ring (bicyclic) bond motifs is 3. The van der Waals surface area contributed by atoms with Crippen LogP contribution >= 0.6 is 0 Å². The van der Waals surface area contributed by atoms with Crippen LogP contribution < -0.4 is 4.90 Å². The smallest absolute Gasteiger partial charge is 0.356 e. The largest absolute Gasteiger partial charge is 0.476 e. The molecule has 7 nitrogen and oxygen atoms in total. The van der Waals surface area contributed by atoms with Gasteiger partial charge in [-0.15, -0.1) is 0 Å². The third-order valence-corrected chi connectivity index (χ3v) is 8.03. The molecule has 3 aliphatic carbocycles. The van der Waals surface area contributed by atoms with Crippen molar-refractivity contribution in [3.05, 3.63) is 46.3 Å². The average Bonchev–Trinajstić information content (AvgIpc) is 3.61. The van der Waals surface area contributed by atoms with Gasteiger partial charge in [-0.3, -0.25) is 9.48 Å². The Balaban J connectivity index is 1.22. The Hall–Kier alpha value is -2.83. The van der Waals surface area contributed by atoms with Crippen LogP contribution in [0.3, 0.4) is 0 Å². The van der Waals surface area contributed by atoms with Crippen molar-refractivity contribution in [1.29, 1.82) is 0 Å². The highest BCUT2D eigenvalue weighted by Gasteiger charge is 2.54. The van der Waals surface area contributed by atoms with E-state index in [4.69, 9.17) is 0 Å². The fourth-order valence-corrected chi connectivity index (χ4v) is 5.92. The number of carboxylic acids is 1. The Labute approximate surface area is 181 Å². The summed E-state index contributed by atoms with van der Waals surface area (Å²) in [4.78, 5) is 29.5. The SMILES string of the molecule is Cc1cccc(N2CCN(C(=O)Cn3nc(C(=O)O)c4c3C[C@H]3C[C@@H]43)C3(CC3)C2)c1C. The number of aryl methyl sites for hydroxylation is 1. The fourth-order valence-electron chi connectivity index (χ4n) is 5.92. The quantitative estimate of drug-likeness (QED) is 0.823. The van der Waals surface area contributed by atoms with Crippen LogP contribution in [-0.2, 0) is 17.8 Å². The number of nitrogens with zero attached hydrogens (tertiary/aromatic N) is 4. The maximum atomic E-state index is 13.4. The van der Waals surface area contributed by atoms with Gasteiger partial charge < -0.3 is 14.9 Å². The molecule has 3 fully saturated rings. The van der Waals surface area contributed by atoms with Gasteiger partial charge in [0, 0.05) is 36.6 Å². The standard InChI is InChI=1S/C24H28N4O3/c1-14-4-3-5-18(15(14)2)26-8-9-27(24(13-26)6-7-24)20(29)12-28-19-11-16-10-17(16)21(19)22(25-28)23(30)31/h3-5,16-17H,6-13H2,1-2H3,(H,30,31)/t16-,17-/m1/s1. The van der Waals surface area contributed by atoms with Crippen LogP contribution in [-0.4, -0.2) is 56.8 Å². The molecule has 1 spiro atoms. The molecule has 1 aliphatic heterocycles. The number of aromatic nitrogens is 2. The van der Waals surface area contributed by atoms with Crippen LogP contribution in [0.5, 0.6) is 0 Å². The van der Waals surface area contributed by atoms with Gasteiger partial charge in [-0.05, 0) is 68.6 Å². The van der Waals surface area contributed by atoms with Gasteiger partial charge in [0.2, 0.25) is 5.91 Å². The summed E-state index contributed by atoms with van der Waals surface area (Å²) in [5.74, 6) is 0.000840. The van der Waals surface area contributed by atoms with Gasteiger partial charge in [0.25, 0.3) is 0 Å². The Bertz CT molecular complexity index is 1120. The van der Waals surface area contributed by atoms with Crippen molar-refractivity contribution in [2.75, 3.05) is 24.5 Å². The summed E-state index contributed by atoms with van der Waals surface area (Å²) in [6, 6.07) is 6.43. The number of carboxylic acid groups (broad SMARTS) is 1. The van der Waals surface area contributed by atoms with Crippen molar-refractivity contribution < 1.29 is 14.7 Å². The molecule has 6 rings (SSSR count). The number of amides is 1. The van der Waals surface area contributed by atoms with E-state index in [1.807, 2.05) is 0 Å². The first-order chi connectivity index (χ1) is 14.9. The molecule has 1 saturated heterocycles. The number of carbonyl (C=O) groups is 2. The van der Waals surface area contributed by atoms with Crippen LogP contribution in [0.2, 0.25) is 0 Å². The molecule has 4 aliphatic rings. The summed E-state index contributed by atoms with van der Waals surface area (Å²) in [6.07, 6.45) is 3.99. The third-order valence-electron chi connectivity index (χ3n) is 8.03. The molecule has 162 valence electrons. The van der Waals surface area contributed by atoms with Gasteiger partial charge in [0.05, 0.1) is 5.54 Å². The van der Waals surface area contributed by atoms with Crippen molar-refractivity contribution in [3.63, 3.8) is 0 Å². The monoisotopic (exact) mass is 420 g/mol. The van der Waals surface area contributed by atoms with Crippen molar-refractivity contribution >= 4 is 17.6 Å². The topological polar surface area (TPSA) is 78.7 Å². The minimum atomic E-state index is -0.976. The predicted octanol–water partition coefficient (Wildman–Crippen LogP) is 2.74. The Kier molecular flexibility index (Phi) is 3.87. The van der Waals surface area contributed by atoms with E-state index in [9.17, 15) is 14.7 Å². The van der Waals surface area contributed by atoms with Gasteiger partial charge in [-0.2, -0.15) is 5.10 Å². The van der Waals surface area contributed by atoms with E-state index < -0.39 is 5.97 Å². The zero-order chi connectivity index (χ0) is 21.5. The van der Waals surface area contributed by atoms with Crippen molar-refractivity contribution in [2.45, 2.75) is 57.5 Å². The molecule has 1 N–H and O–H groups in total. The highest BCUT2D eigenvalue weighted by molar-refractivity contribution is 5.88. The zero-order valence-corrected chi connectivity index (χ0v) is 18.1. The Morgan fingerprint density at radius 3 is 2.77 bits per heavy atom. The molecule has 1 aromatic heterocycles. The summed E-state index contributed by atoms with van der Waals surface area (Å²) >= 11 is 0. The first-order valence-electron chi connectivity index (χ1n) is 11.3. The molecule has 0 radical (unpaired) electrons. The van der Waals surface area contributed by atoms with E-state index >= 15 is 0 Å². The number of carbonyl (C=O) groups excluding carboxylic acids is 1. The highest BCUT2D eigenvalue weighted by Crippen LogP contribution is 2.57. The molecule has 0 bridgehead atoms. The number of hydrogen-bond acceptors (Lipinski definition) is 4. The average molecular weight is 421 g/mol. The van der Waals surface area contributed by atoms with Gasteiger partial charge in [0.15, 0.2) is 5.69 Å². The van der Waals surface area contributed by atoms with Crippen LogP contribution in [0.1, 0.15) is 58.1 Å². The van der Waals surface area contributed by atoms with Gasteiger partial charge in [-0.25, -0.2) is 4.79 Å². The number of hydrogen-bond donors (Lipinski definition) is 1. The van der Waals surface area contributed by atoms with E-state index in [0.717, 1.165) is 50.0 Å². The van der Waals surface area contributed by atoms with E-state index in [0.29, 0.717) is 18.4 Å². The second kappa shape index (κ2) is 6.34. The molecule has 2 atom stereocenters. The number of anilines is 1. The number of benzene rings is 1. The molecule has 0 unspecified atom stereocenters. The summed E-state index contributed by atoms with van der Waals surface area (Å²) in [7, 11) is 0. The van der Waals surface area contributed by atoms with Crippen molar-refractivity contribution in [1.82, 2.24) is 14.7 Å². The van der Waals surface area contributed by atoms with Crippen LogP contribution in [0.4, 0.5) is 5.69 Å². The van der Waals surface area contributed by atoms with E-state index in [2.05, 4.69) is 46.9 Å². The summed E-state index contributed by atoms with van der Waals surface area (Å²) in [6.45, 7) is 6.85. The number of aromatic carboxylic acids is 1. The molecule has 2 heterocycles. The van der Waals surface area contributed by atoms with Crippen LogP contribution in [0.15, 0.2) is 18.2 Å². The molecule has 2 saturated carbocycles. The third kappa shape index (κ3) is 2.82. The maximum Gasteiger partial charge on any atom is 0.356 e. The lowest BCUT2D eigenvalue weighted by molar-refractivity contribution is -0.135. The van der Waals surface area contributed by atoms with Crippen LogP contribution in [0, 0.1) is 19.8 Å². The molecule has 1 aromatic carbocycles. The van der Waals surface area contributed by atoms with Gasteiger partial charge in [0.1, 0.15) is 6.54 Å². The van der Waals surface area contributed by atoms with E-state index in [1.54, 1.807) is 4.68 Å². The molecule has 7 heteroatoms. The summed E-state index contributed by atoms with van der Waals surface area (Å²) in [5, 5.41) is 13.9. The Morgan fingerprint density at radius 2 is 2.03 bits per heavy atom. The second-order valence-electron chi connectivity index (χ2n) is 9.89. The minimum Gasteiger partial charge on any atom is -0.476 e. The minimum absolute atomic E-state index is 0.0703. The first kappa shape index (κ1) is 18.9. The molecular formula is C24H28N4O3. The summed E-state index contributed by atoms with van der Waals surface area (Å²) < 4.78 is 1.69.